The summed E-state index contributed by atoms with van der Waals surface area (Å²) in [4.78, 5) is 20.0. The molecule has 1 aromatic heterocycles. The normalized spacial score (nSPS) is 10.4. The second-order valence-electron chi connectivity index (χ2n) is 3.00. The molecule has 0 aliphatic rings. The molecule has 4 nitrogen and oxygen atoms in total. The van der Waals surface area contributed by atoms with Crippen LogP contribution in [-0.2, 0) is 0 Å². The van der Waals surface area contributed by atoms with Crippen LogP contribution in [0, 0.1) is 4.77 Å². The van der Waals surface area contributed by atoms with Crippen LogP contribution in [0.15, 0.2) is 23.0 Å². The Bertz CT molecular complexity index is 601. The minimum absolute atomic E-state index is 0.106. The number of hydrogen-bond donors (Lipinski definition) is 2. The van der Waals surface area contributed by atoms with Crippen molar-refractivity contribution in [1.82, 2.24) is 15.0 Å². The Balaban J connectivity index is 2.67. The lowest BCUT2D eigenvalue weighted by molar-refractivity contribution is 0.976. The number of nitrogens with one attached hydrogen (secondary N) is 2. The van der Waals surface area contributed by atoms with Gasteiger partial charge in [0.1, 0.15) is 5.82 Å². The van der Waals surface area contributed by atoms with Crippen LogP contribution in [-0.4, -0.2) is 15.0 Å². The molecule has 0 radical (unpaired) electrons. The second kappa shape index (κ2) is 4.37. The highest BCUT2D eigenvalue weighted by molar-refractivity contribution is 7.71. The van der Waals surface area contributed by atoms with Gasteiger partial charge >= 0.3 is 5.69 Å². The lowest BCUT2D eigenvalue weighted by atomic mass is 10.2. The van der Waals surface area contributed by atoms with Gasteiger partial charge in [0.15, 0.2) is 0 Å². The van der Waals surface area contributed by atoms with Crippen LogP contribution in [0.25, 0.3) is 11.4 Å². The van der Waals surface area contributed by atoms with Crippen LogP contribution in [0.1, 0.15) is 0 Å². The van der Waals surface area contributed by atoms with E-state index in [-0.39, 0.29) is 4.77 Å². The molecule has 82 valence electrons. The smallest absolute Gasteiger partial charge is 0.291 e. The highest BCUT2D eigenvalue weighted by Gasteiger charge is 2.04. The van der Waals surface area contributed by atoms with Crippen molar-refractivity contribution >= 4 is 35.4 Å². The fourth-order valence-electron chi connectivity index (χ4n) is 1.22. The van der Waals surface area contributed by atoms with E-state index < -0.39 is 5.69 Å². The molecular formula is C9H5Cl2N3OS. The average Bonchev–Trinajstić information content (AvgIpc) is 2.14. The molecule has 0 fully saturated rings. The molecule has 0 bridgehead atoms. The topological polar surface area (TPSA) is 61.5 Å². The molecule has 0 aliphatic carbocycles. The van der Waals surface area contributed by atoms with Gasteiger partial charge in [-0.25, -0.2) is 9.78 Å². The van der Waals surface area contributed by atoms with Gasteiger partial charge in [-0.15, -0.1) is 0 Å². The van der Waals surface area contributed by atoms with Crippen molar-refractivity contribution in [2.45, 2.75) is 0 Å². The van der Waals surface area contributed by atoms with Gasteiger partial charge in [-0.3, -0.25) is 9.97 Å². The van der Waals surface area contributed by atoms with Crippen LogP contribution >= 0.6 is 35.4 Å². The molecule has 0 spiro atoms. The maximum absolute atomic E-state index is 11.2. The first-order valence-corrected chi connectivity index (χ1v) is 5.38. The van der Waals surface area contributed by atoms with E-state index in [0.29, 0.717) is 21.4 Å². The first kappa shape index (κ1) is 11.3. The summed E-state index contributed by atoms with van der Waals surface area (Å²) in [5, 5.41) is 0.924. The fraction of sp³-hybridized carbons (Fsp3) is 0. The van der Waals surface area contributed by atoms with Crippen molar-refractivity contribution in [3.05, 3.63) is 43.5 Å². The predicted molar refractivity (Wildman–Crippen MR) is 65.5 cm³/mol. The fourth-order valence-corrected chi connectivity index (χ4v) is 1.93. The molecule has 0 saturated carbocycles. The molecule has 0 unspecified atom stereocenters. The van der Waals surface area contributed by atoms with Crippen LogP contribution in [0.2, 0.25) is 10.0 Å². The van der Waals surface area contributed by atoms with Crippen molar-refractivity contribution in [3.63, 3.8) is 0 Å². The number of aromatic nitrogens is 3. The highest BCUT2D eigenvalue weighted by atomic mass is 35.5. The van der Waals surface area contributed by atoms with Crippen molar-refractivity contribution < 1.29 is 0 Å². The summed E-state index contributed by atoms with van der Waals surface area (Å²) in [5.41, 5.74) is 0.181. The van der Waals surface area contributed by atoms with Gasteiger partial charge < -0.3 is 0 Å². The SMILES string of the molecule is O=c1[nH]c(-c2cc(Cl)cc(Cl)c2)nc(=S)[nH]1. The molecule has 1 heterocycles. The zero-order chi connectivity index (χ0) is 11.7. The van der Waals surface area contributed by atoms with E-state index in [2.05, 4.69) is 15.0 Å². The third kappa shape index (κ3) is 2.49. The van der Waals surface area contributed by atoms with Crippen LogP contribution in [0.5, 0.6) is 0 Å². The molecule has 7 heteroatoms. The summed E-state index contributed by atoms with van der Waals surface area (Å²) in [6.07, 6.45) is 0. The molecule has 2 rings (SSSR count). The molecule has 0 aliphatic heterocycles. The van der Waals surface area contributed by atoms with Gasteiger partial charge in [-0.2, -0.15) is 0 Å². The van der Waals surface area contributed by atoms with Crippen molar-refractivity contribution in [1.29, 1.82) is 0 Å². The van der Waals surface area contributed by atoms with Crippen molar-refractivity contribution in [2.75, 3.05) is 0 Å². The van der Waals surface area contributed by atoms with Gasteiger partial charge in [0.2, 0.25) is 4.77 Å². The molecule has 0 saturated heterocycles. The van der Waals surface area contributed by atoms with Gasteiger partial charge in [0.25, 0.3) is 0 Å². The maximum Gasteiger partial charge on any atom is 0.326 e. The van der Waals surface area contributed by atoms with Crippen molar-refractivity contribution in [3.8, 4) is 11.4 Å². The Hall–Kier alpha value is -1.17. The second-order valence-corrected chi connectivity index (χ2v) is 4.26. The monoisotopic (exact) mass is 273 g/mol. The molecule has 16 heavy (non-hydrogen) atoms. The Kier molecular flexibility index (Phi) is 3.09. The lowest BCUT2D eigenvalue weighted by Gasteiger charge is -2.01. The highest BCUT2D eigenvalue weighted by Crippen LogP contribution is 2.24. The standard InChI is InChI=1S/C9H5Cl2N3OS/c10-5-1-4(2-6(11)3-5)7-12-8(15)14-9(16)13-7/h1-3H,(H2,12,13,14,15,16). The van der Waals surface area contributed by atoms with Gasteiger partial charge in [0, 0.05) is 15.6 Å². The summed E-state index contributed by atoms with van der Waals surface area (Å²) in [5.74, 6) is 0.332. The van der Waals surface area contributed by atoms with E-state index in [1.54, 1.807) is 18.2 Å². The average molecular weight is 274 g/mol. The van der Waals surface area contributed by atoms with E-state index >= 15 is 0 Å². The Morgan fingerprint density at radius 1 is 1.12 bits per heavy atom. The van der Waals surface area contributed by atoms with Gasteiger partial charge in [-0.1, -0.05) is 23.2 Å². The largest absolute Gasteiger partial charge is 0.326 e. The molecule has 0 amide bonds. The number of rotatable bonds is 1. The van der Waals surface area contributed by atoms with E-state index in [0.717, 1.165) is 0 Å². The Morgan fingerprint density at radius 2 is 1.75 bits per heavy atom. The van der Waals surface area contributed by atoms with E-state index in [9.17, 15) is 4.79 Å². The zero-order valence-corrected chi connectivity index (χ0v) is 10.1. The summed E-state index contributed by atoms with van der Waals surface area (Å²) in [6.45, 7) is 0. The third-order valence-electron chi connectivity index (χ3n) is 1.80. The molecule has 0 atom stereocenters. The van der Waals surface area contributed by atoms with E-state index in [1.165, 1.54) is 0 Å². The number of halogens is 2. The van der Waals surface area contributed by atoms with Gasteiger partial charge in [0.05, 0.1) is 0 Å². The molecular weight excluding hydrogens is 269 g/mol. The van der Waals surface area contributed by atoms with Gasteiger partial charge in [-0.05, 0) is 30.4 Å². The Morgan fingerprint density at radius 3 is 2.31 bits per heavy atom. The first-order chi connectivity index (χ1) is 7.54. The van der Waals surface area contributed by atoms with Crippen molar-refractivity contribution in [2.24, 2.45) is 0 Å². The number of benzene rings is 1. The minimum atomic E-state index is -0.425. The number of H-pyrrole nitrogens is 2. The summed E-state index contributed by atoms with van der Waals surface area (Å²) in [6, 6.07) is 4.87. The predicted octanol–water partition coefficient (Wildman–Crippen LogP) is 2.80. The quantitative estimate of drug-likeness (QED) is 0.786. The maximum atomic E-state index is 11.2. The molecule has 2 N–H and O–H groups in total. The lowest BCUT2D eigenvalue weighted by Crippen LogP contribution is -2.12. The number of hydrogen-bond acceptors (Lipinski definition) is 3. The third-order valence-corrected chi connectivity index (χ3v) is 2.43. The number of nitrogens with zero attached hydrogens (tertiary/aromatic N) is 1. The first-order valence-electron chi connectivity index (χ1n) is 4.22. The van der Waals surface area contributed by atoms with E-state index in [4.69, 9.17) is 35.4 Å². The Labute approximate surface area is 105 Å². The summed E-state index contributed by atoms with van der Waals surface area (Å²) >= 11 is 16.5. The molecule has 2 aromatic rings. The summed E-state index contributed by atoms with van der Waals surface area (Å²) < 4.78 is 0.106. The van der Waals surface area contributed by atoms with E-state index in [1.807, 2.05) is 0 Å². The minimum Gasteiger partial charge on any atom is -0.291 e. The van der Waals surface area contributed by atoms with Crippen LogP contribution < -0.4 is 5.69 Å². The number of aromatic amines is 2. The zero-order valence-electron chi connectivity index (χ0n) is 7.75. The molecule has 1 aromatic carbocycles. The van der Waals surface area contributed by atoms with Crippen LogP contribution in [0.3, 0.4) is 0 Å². The summed E-state index contributed by atoms with van der Waals surface area (Å²) in [7, 11) is 0. The van der Waals surface area contributed by atoms with Crippen LogP contribution in [0.4, 0.5) is 0 Å².